The van der Waals surface area contributed by atoms with Gasteiger partial charge in [0.05, 0.1) is 11.4 Å². The average molecular weight is 499 g/mol. The fourth-order valence-electron chi connectivity index (χ4n) is 3.93. The monoisotopic (exact) mass is 498 g/mol. The van der Waals surface area contributed by atoms with Gasteiger partial charge in [0, 0.05) is 17.5 Å². The van der Waals surface area contributed by atoms with Gasteiger partial charge in [0.15, 0.2) is 0 Å². The molecule has 0 saturated carbocycles. The number of rotatable bonds is 6. The lowest BCUT2D eigenvalue weighted by Gasteiger charge is -2.24. The van der Waals surface area contributed by atoms with Crippen LogP contribution in [0.15, 0.2) is 89.9 Å². The van der Waals surface area contributed by atoms with Gasteiger partial charge in [0.2, 0.25) is 12.1 Å². The number of carbonyl (C=O) groups is 3. The molecule has 0 fully saturated rings. The second kappa shape index (κ2) is 11.1. The predicted molar refractivity (Wildman–Crippen MR) is 142 cm³/mol. The Hall–Kier alpha value is -4.46. The molecule has 3 N–H and O–H groups in total. The molecule has 1 heterocycles. The molecule has 4 rings (SSSR count). The van der Waals surface area contributed by atoms with Crippen LogP contribution >= 0.6 is 0 Å². The third-order valence-electron chi connectivity index (χ3n) is 5.56. The van der Waals surface area contributed by atoms with E-state index < -0.39 is 35.7 Å². The van der Waals surface area contributed by atoms with E-state index in [1.165, 1.54) is 0 Å². The van der Waals surface area contributed by atoms with Gasteiger partial charge in [-0.1, -0.05) is 78.9 Å². The molecule has 3 aromatic carbocycles. The smallest absolute Gasteiger partial charge is 0.408 e. The fourth-order valence-corrected chi connectivity index (χ4v) is 3.93. The number of carbonyl (C=O) groups excluding carboxylic acids is 3. The standard InChI is InChI=1S/C29H30N4O4/c1-29(2,3)37-28(36)31-23(18-19-12-6-4-7-13-19)26(34)33-25-27(35)30-22-17-11-10-16-21(22)24(32-25)20-14-8-5-9-15-20/h4-17,23,25H,18H2,1-3H3,(H,30,35)(H,31,36)(H,33,34)/t23-,25?/m0/s1. The van der Waals surface area contributed by atoms with Crippen molar-refractivity contribution in [2.45, 2.75) is 45.0 Å². The van der Waals surface area contributed by atoms with E-state index in [1.54, 1.807) is 26.8 Å². The molecule has 37 heavy (non-hydrogen) atoms. The van der Waals surface area contributed by atoms with Gasteiger partial charge < -0.3 is 20.7 Å². The lowest BCUT2D eigenvalue weighted by atomic mass is 10.0. The average Bonchev–Trinajstić information content (AvgIpc) is 3.00. The molecule has 3 aromatic rings. The van der Waals surface area contributed by atoms with E-state index in [9.17, 15) is 14.4 Å². The van der Waals surface area contributed by atoms with Gasteiger partial charge in [0.25, 0.3) is 5.91 Å². The third kappa shape index (κ3) is 6.82. The molecular formula is C29H30N4O4. The molecule has 0 saturated heterocycles. The predicted octanol–water partition coefficient (Wildman–Crippen LogP) is 4.05. The molecule has 0 aliphatic carbocycles. The van der Waals surface area contributed by atoms with Crippen molar-refractivity contribution < 1.29 is 19.1 Å². The minimum absolute atomic E-state index is 0.204. The number of fused-ring (bicyclic) bond motifs is 1. The number of benzene rings is 3. The summed E-state index contributed by atoms with van der Waals surface area (Å²) in [4.78, 5) is 43.8. The number of benzodiazepines with no additional fused rings is 1. The summed E-state index contributed by atoms with van der Waals surface area (Å²) in [6.45, 7) is 5.23. The molecule has 8 nitrogen and oxygen atoms in total. The lowest BCUT2D eigenvalue weighted by Crippen LogP contribution is -2.53. The summed E-state index contributed by atoms with van der Waals surface area (Å²) in [5, 5.41) is 8.23. The first-order valence-corrected chi connectivity index (χ1v) is 12.1. The van der Waals surface area contributed by atoms with Crippen LogP contribution in [0.3, 0.4) is 0 Å². The SMILES string of the molecule is CC(C)(C)OC(=O)N[C@@H](Cc1ccccc1)C(=O)NC1N=C(c2ccccc2)c2ccccc2NC1=O. The third-order valence-corrected chi connectivity index (χ3v) is 5.56. The van der Waals surface area contributed by atoms with Crippen molar-refractivity contribution in [3.05, 3.63) is 102 Å². The highest BCUT2D eigenvalue weighted by Gasteiger charge is 2.31. The highest BCUT2D eigenvalue weighted by molar-refractivity contribution is 6.19. The Labute approximate surface area is 216 Å². The van der Waals surface area contributed by atoms with Gasteiger partial charge >= 0.3 is 6.09 Å². The maximum atomic E-state index is 13.5. The van der Waals surface area contributed by atoms with Crippen molar-refractivity contribution >= 4 is 29.3 Å². The van der Waals surface area contributed by atoms with Crippen LogP contribution in [0.25, 0.3) is 0 Å². The number of amides is 3. The van der Waals surface area contributed by atoms with Crippen molar-refractivity contribution in [3.63, 3.8) is 0 Å². The van der Waals surface area contributed by atoms with Gasteiger partial charge in [-0.15, -0.1) is 0 Å². The molecule has 0 spiro atoms. The number of nitrogens with zero attached hydrogens (tertiary/aromatic N) is 1. The van der Waals surface area contributed by atoms with E-state index in [4.69, 9.17) is 4.74 Å². The zero-order chi connectivity index (χ0) is 26.4. The van der Waals surface area contributed by atoms with E-state index in [0.717, 1.165) is 16.7 Å². The zero-order valence-electron chi connectivity index (χ0n) is 21.0. The molecule has 8 heteroatoms. The Bertz CT molecular complexity index is 1300. The van der Waals surface area contributed by atoms with Crippen LogP contribution in [0.1, 0.15) is 37.5 Å². The maximum Gasteiger partial charge on any atom is 0.408 e. The van der Waals surface area contributed by atoms with Crippen molar-refractivity contribution in [1.82, 2.24) is 10.6 Å². The Morgan fingerprint density at radius 3 is 2.24 bits per heavy atom. The number of hydrogen-bond donors (Lipinski definition) is 3. The second-order valence-electron chi connectivity index (χ2n) is 9.68. The molecule has 0 bridgehead atoms. The van der Waals surface area contributed by atoms with Crippen LogP contribution < -0.4 is 16.0 Å². The number of alkyl carbamates (subject to hydrolysis) is 1. The molecule has 1 unspecified atom stereocenters. The van der Waals surface area contributed by atoms with Crippen LogP contribution in [-0.4, -0.2) is 41.4 Å². The molecule has 2 atom stereocenters. The molecular weight excluding hydrogens is 468 g/mol. The Balaban J connectivity index is 1.63. The first-order valence-electron chi connectivity index (χ1n) is 12.1. The van der Waals surface area contributed by atoms with E-state index in [2.05, 4.69) is 20.9 Å². The van der Waals surface area contributed by atoms with Gasteiger partial charge in [-0.3, -0.25) is 9.59 Å². The summed E-state index contributed by atoms with van der Waals surface area (Å²) in [7, 11) is 0. The van der Waals surface area contributed by atoms with E-state index in [1.807, 2.05) is 78.9 Å². The molecule has 0 aromatic heterocycles. The summed E-state index contributed by atoms with van der Waals surface area (Å²) < 4.78 is 5.37. The van der Waals surface area contributed by atoms with Crippen LogP contribution in [-0.2, 0) is 20.7 Å². The Kier molecular flexibility index (Phi) is 7.67. The van der Waals surface area contributed by atoms with Gasteiger partial charge in [-0.25, -0.2) is 9.79 Å². The fraction of sp³-hybridized carbons (Fsp3) is 0.241. The minimum Gasteiger partial charge on any atom is -0.444 e. The number of anilines is 1. The molecule has 190 valence electrons. The summed E-state index contributed by atoms with van der Waals surface area (Å²) in [6, 6.07) is 25.1. The van der Waals surface area contributed by atoms with E-state index >= 15 is 0 Å². The maximum absolute atomic E-state index is 13.5. The lowest BCUT2D eigenvalue weighted by molar-refractivity contribution is -0.127. The quantitative estimate of drug-likeness (QED) is 0.476. The van der Waals surface area contributed by atoms with Gasteiger partial charge in [-0.05, 0) is 32.4 Å². The number of aliphatic imine (C=N–C) groups is 1. The number of ether oxygens (including phenoxy) is 1. The summed E-state index contributed by atoms with van der Waals surface area (Å²) in [6.07, 6.45) is -1.74. The Morgan fingerprint density at radius 1 is 0.946 bits per heavy atom. The first kappa shape index (κ1) is 25.6. The second-order valence-corrected chi connectivity index (χ2v) is 9.68. The first-order chi connectivity index (χ1) is 17.7. The van der Waals surface area contributed by atoms with Crippen molar-refractivity contribution in [2.75, 3.05) is 5.32 Å². The summed E-state index contributed by atoms with van der Waals surface area (Å²) in [5.41, 5.74) is 2.81. The normalized spacial score (nSPS) is 15.8. The van der Waals surface area contributed by atoms with Crippen LogP contribution in [0.2, 0.25) is 0 Å². The Morgan fingerprint density at radius 2 is 1.57 bits per heavy atom. The van der Waals surface area contributed by atoms with Crippen molar-refractivity contribution in [3.8, 4) is 0 Å². The zero-order valence-corrected chi connectivity index (χ0v) is 21.0. The number of hydrogen-bond acceptors (Lipinski definition) is 5. The molecule has 1 aliphatic heterocycles. The van der Waals surface area contributed by atoms with Crippen LogP contribution in [0, 0.1) is 0 Å². The van der Waals surface area contributed by atoms with Crippen LogP contribution in [0.4, 0.5) is 10.5 Å². The van der Waals surface area contributed by atoms with Crippen molar-refractivity contribution in [2.24, 2.45) is 4.99 Å². The summed E-state index contributed by atoms with van der Waals surface area (Å²) >= 11 is 0. The highest BCUT2D eigenvalue weighted by atomic mass is 16.6. The molecule has 0 radical (unpaired) electrons. The molecule has 1 aliphatic rings. The molecule has 3 amide bonds. The highest BCUT2D eigenvalue weighted by Crippen LogP contribution is 2.23. The van der Waals surface area contributed by atoms with Crippen molar-refractivity contribution in [1.29, 1.82) is 0 Å². The number of nitrogens with one attached hydrogen (secondary N) is 3. The van der Waals surface area contributed by atoms with Gasteiger partial charge in [0.1, 0.15) is 11.6 Å². The topological polar surface area (TPSA) is 109 Å². The largest absolute Gasteiger partial charge is 0.444 e. The van der Waals surface area contributed by atoms with Gasteiger partial charge in [-0.2, -0.15) is 0 Å². The minimum atomic E-state index is -1.21. The summed E-state index contributed by atoms with van der Waals surface area (Å²) in [5.74, 6) is -1.04. The van der Waals surface area contributed by atoms with Crippen LogP contribution in [0.5, 0.6) is 0 Å². The van der Waals surface area contributed by atoms with E-state index in [0.29, 0.717) is 11.4 Å². The number of para-hydroxylation sites is 1. The van der Waals surface area contributed by atoms with E-state index in [-0.39, 0.29) is 6.42 Å².